The summed E-state index contributed by atoms with van der Waals surface area (Å²) < 4.78 is 10.8. The van der Waals surface area contributed by atoms with Crippen LogP contribution in [0.5, 0.6) is 5.75 Å². The highest BCUT2D eigenvalue weighted by molar-refractivity contribution is 7.07. The minimum atomic E-state index is -0.572. The van der Waals surface area contributed by atoms with Gasteiger partial charge in [0.1, 0.15) is 0 Å². The molecule has 0 aliphatic heterocycles. The van der Waals surface area contributed by atoms with Gasteiger partial charge in [0.15, 0.2) is 17.1 Å². The summed E-state index contributed by atoms with van der Waals surface area (Å²) in [5, 5.41) is 17.4. The number of hydrogen-bond donors (Lipinski definition) is 2. The van der Waals surface area contributed by atoms with E-state index in [0.29, 0.717) is 24.3 Å². The van der Waals surface area contributed by atoms with E-state index in [9.17, 15) is 9.90 Å². The lowest BCUT2D eigenvalue weighted by Crippen LogP contribution is -2.25. The van der Waals surface area contributed by atoms with Gasteiger partial charge in [0.25, 0.3) is 5.91 Å². The average Bonchev–Trinajstić information content (AvgIpc) is 3.23. The number of hydrogen-bond acceptors (Lipinski definition) is 5. The third-order valence-corrected chi connectivity index (χ3v) is 4.28. The van der Waals surface area contributed by atoms with Gasteiger partial charge in [0.05, 0.1) is 13.2 Å². The maximum absolute atomic E-state index is 12.2. The number of benzene rings is 1. The van der Waals surface area contributed by atoms with Gasteiger partial charge in [-0.1, -0.05) is 12.1 Å². The first kappa shape index (κ1) is 15.6. The second kappa shape index (κ2) is 6.85. The fourth-order valence-electron chi connectivity index (χ4n) is 2.35. The highest BCUT2D eigenvalue weighted by Gasteiger charge is 2.15. The van der Waals surface area contributed by atoms with Gasteiger partial charge in [-0.15, -0.1) is 0 Å². The van der Waals surface area contributed by atoms with E-state index in [1.165, 1.54) is 11.3 Å². The Hall–Kier alpha value is -2.31. The molecule has 1 atom stereocenters. The highest BCUT2D eigenvalue weighted by Crippen LogP contribution is 2.28. The minimum Gasteiger partial charge on any atom is -0.493 e. The number of para-hydroxylation sites is 1. The van der Waals surface area contributed by atoms with Crippen LogP contribution in [-0.2, 0) is 0 Å². The van der Waals surface area contributed by atoms with Gasteiger partial charge >= 0.3 is 0 Å². The predicted molar refractivity (Wildman–Crippen MR) is 89.0 cm³/mol. The Morgan fingerprint density at radius 1 is 1.43 bits per heavy atom. The molecule has 6 heteroatoms. The molecule has 5 nitrogen and oxygen atoms in total. The van der Waals surface area contributed by atoms with Crippen LogP contribution >= 0.6 is 11.3 Å². The fraction of sp³-hybridized carbons (Fsp3) is 0.235. The summed E-state index contributed by atoms with van der Waals surface area (Å²) in [5.74, 6) is 0.518. The van der Waals surface area contributed by atoms with Gasteiger partial charge in [-0.25, -0.2) is 0 Å². The molecule has 23 heavy (non-hydrogen) atoms. The number of amides is 1. The normalized spacial score (nSPS) is 12.3. The van der Waals surface area contributed by atoms with Crippen LogP contribution in [0, 0.1) is 0 Å². The zero-order chi connectivity index (χ0) is 16.2. The molecule has 2 heterocycles. The molecule has 120 valence electrons. The van der Waals surface area contributed by atoms with E-state index in [-0.39, 0.29) is 11.7 Å². The van der Waals surface area contributed by atoms with Crippen LogP contribution in [0.4, 0.5) is 0 Å². The molecule has 3 rings (SSSR count). The number of methoxy groups -OCH3 is 1. The molecule has 2 aromatic heterocycles. The lowest BCUT2D eigenvalue weighted by atomic mass is 10.1. The van der Waals surface area contributed by atoms with Crippen molar-refractivity contribution in [2.75, 3.05) is 13.7 Å². The van der Waals surface area contributed by atoms with Crippen molar-refractivity contribution >= 4 is 28.2 Å². The van der Waals surface area contributed by atoms with Gasteiger partial charge < -0.3 is 19.6 Å². The Labute approximate surface area is 137 Å². The lowest BCUT2D eigenvalue weighted by Gasteiger charge is -2.09. The van der Waals surface area contributed by atoms with Crippen molar-refractivity contribution in [3.63, 3.8) is 0 Å². The van der Waals surface area contributed by atoms with E-state index in [0.717, 1.165) is 10.9 Å². The summed E-state index contributed by atoms with van der Waals surface area (Å²) in [6.07, 6.45) is -0.122. The molecule has 0 radical (unpaired) electrons. The van der Waals surface area contributed by atoms with Gasteiger partial charge in [-0.05, 0) is 40.9 Å². The van der Waals surface area contributed by atoms with Crippen molar-refractivity contribution in [3.8, 4) is 5.75 Å². The van der Waals surface area contributed by atoms with Gasteiger partial charge in [0, 0.05) is 11.9 Å². The van der Waals surface area contributed by atoms with E-state index in [4.69, 9.17) is 9.15 Å². The summed E-state index contributed by atoms with van der Waals surface area (Å²) in [6.45, 7) is 0.365. The number of aliphatic hydroxyl groups is 1. The molecule has 0 aliphatic rings. The Morgan fingerprint density at radius 3 is 3.04 bits per heavy atom. The predicted octanol–water partition coefficient (Wildman–Crippen LogP) is 3.36. The van der Waals surface area contributed by atoms with Crippen LogP contribution in [-0.4, -0.2) is 24.7 Å². The number of rotatable bonds is 6. The average molecular weight is 331 g/mol. The third kappa shape index (κ3) is 3.38. The molecule has 0 unspecified atom stereocenters. The molecule has 3 aromatic rings. The van der Waals surface area contributed by atoms with Crippen molar-refractivity contribution in [1.29, 1.82) is 0 Å². The molecule has 0 fully saturated rings. The number of nitrogens with one attached hydrogen (secondary N) is 1. The first-order valence-corrected chi connectivity index (χ1v) is 8.18. The molecule has 1 aromatic carbocycles. The first-order chi connectivity index (χ1) is 11.2. The van der Waals surface area contributed by atoms with E-state index in [2.05, 4.69) is 5.32 Å². The van der Waals surface area contributed by atoms with E-state index in [1.807, 2.05) is 29.0 Å². The second-order valence-corrected chi connectivity index (χ2v) is 5.89. The molecule has 0 spiro atoms. The van der Waals surface area contributed by atoms with E-state index in [1.54, 1.807) is 19.2 Å². The summed E-state index contributed by atoms with van der Waals surface area (Å²) in [5.41, 5.74) is 1.43. The van der Waals surface area contributed by atoms with Crippen molar-refractivity contribution in [3.05, 3.63) is 52.4 Å². The van der Waals surface area contributed by atoms with Crippen molar-refractivity contribution in [2.24, 2.45) is 0 Å². The molecular formula is C17H17NO4S. The number of fused-ring (bicyclic) bond motifs is 1. The van der Waals surface area contributed by atoms with Gasteiger partial charge in [-0.2, -0.15) is 11.3 Å². The van der Waals surface area contributed by atoms with Crippen LogP contribution in [0.2, 0.25) is 0 Å². The summed E-state index contributed by atoms with van der Waals surface area (Å²) in [4.78, 5) is 12.2. The number of furan rings is 1. The number of ether oxygens (including phenoxy) is 1. The summed E-state index contributed by atoms with van der Waals surface area (Å²) >= 11 is 1.54. The Kier molecular flexibility index (Phi) is 4.64. The maximum atomic E-state index is 12.2. The number of carbonyl (C=O) groups is 1. The standard InChI is InChI=1S/C17H17NO4S/c1-21-14-4-2-3-11-9-15(22-16(11)14)17(20)18-7-5-13(19)12-6-8-23-10-12/h2-4,6,8-10,13,19H,5,7H2,1H3,(H,18,20)/t13-/m1/s1. The van der Waals surface area contributed by atoms with E-state index >= 15 is 0 Å². The maximum Gasteiger partial charge on any atom is 0.287 e. The van der Waals surface area contributed by atoms with Crippen LogP contribution in [0.15, 0.2) is 45.5 Å². The van der Waals surface area contributed by atoms with Gasteiger partial charge in [0.2, 0.25) is 0 Å². The lowest BCUT2D eigenvalue weighted by molar-refractivity contribution is 0.0917. The third-order valence-electron chi connectivity index (χ3n) is 3.58. The second-order valence-electron chi connectivity index (χ2n) is 5.11. The summed E-state index contributed by atoms with van der Waals surface area (Å²) in [7, 11) is 1.56. The number of carbonyl (C=O) groups excluding carboxylic acids is 1. The molecule has 0 bridgehead atoms. The molecule has 1 amide bonds. The Morgan fingerprint density at radius 2 is 2.30 bits per heavy atom. The van der Waals surface area contributed by atoms with Crippen LogP contribution in [0.1, 0.15) is 28.6 Å². The van der Waals surface area contributed by atoms with Gasteiger partial charge in [-0.3, -0.25) is 4.79 Å². The zero-order valence-corrected chi connectivity index (χ0v) is 13.4. The minimum absolute atomic E-state index is 0.231. The van der Waals surface area contributed by atoms with Crippen molar-refractivity contribution < 1.29 is 19.1 Å². The Balaban J connectivity index is 1.62. The van der Waals surface area contributed by atoms with Crippen LogP contribution in [0.3, 0.4) is 0 Å². The topological polar surface area (TPSA) is 71.7 Å². The monoisotopic (exact) mass is 331 g/mol. The highest BCUT2D eigenvalue weighted by atomic mass is 32.1. The fourth-order valence-corrected chi connectivity index (χ4v) is 3.06. The van der Waals surface area contributed by atoms with Crippen LogP contribution < -0.4 is 10.1 Å². The Bertz CT molecular complexity index is 794. The molecule has 0 aliphatic carbocycles. The smallest absolute Gasteiger partial charge is 0.287 e. The molecule has 0 saturated carbocycles. The molecule has 2 N–H and O–H groups in total. The SMILES string of the molecule is COc1cccc2cc(C(=O)NCC[C@@H](O)c3ccsc3)oc12. The number of thiophene rings is 1. The van der Waals surface area contributed by atoms with Crippen LogP contribution in [0.25, 0.3) is 11.0 Å². The quantitative estimate of drug-likeness (QED) is 0.726. The molecule has 0 saturated heterocycles. The summed E-state index contributed by atoms with van der Waals surface area (Å²) in [6, 6.07) is 9.05. The molecular weight excluding hydrogens is 314 g/mol. The van der Waals surface area contributed by atoms with E-state index < -0.39 is 6.10 Å². The number of aliphatic hydroxyl groups excluding tert-OH is 1. The zero-order valence-electron chi connectivity index (χ0n) is 12.6. The van der Waals surface area contributed by atoms with Crippen molar-refractivity contribution in [2.45, 2.75) is 12.5 Å². The first-order valence-electron chi connectivity index (χ1n) is 7.24. The largest absolute Gasteiger partial charge is 0.493 e. The van der Waals surface area contributed by atoms with Crippen molar-refractivity contribution in [1.82, 2.24) is 5.32 Å².